The first-order valence-electron chi connectivity index (χ1n) is 5.65. The summed E-state index contributed by atoms with van der Waals surface area (Å²) >= 11 is 6.26. The van der Waals surface area contributed by atoms with E-state index in [2.05, 4.69) is 0 Å². The molecule has 0 saturated heterocycles. The highest BCUT2D eigenvalue weighted by Gasteiger charge is 2.30. The molecule has 1 aromatic rings. The molecule has 0 bridgehead atoms. The van der Waals surface area contributed by atoms with Gasteiger partial charge in [-0.15, -0.1) is 11.6 Å². The molecule has 0 N–H and O–H groups in total. The van der Waals surface area contributed by atoms with E-state index in [0.717, 1.165) is 25.7 Å². The Balaban J connectivity index is 2.06. The highest BCUT2D eigenvalue weighted by molar-refractivity contribution is 6.21. The minimum atomic E-state index is -0.0810. The average molecular weight is 242 g/mol. The number of hydrogen-bond donors (Lipinski definition) is 0. The maximum absolute atomic E-state index is 12.0. The van der Waals surface area contributed by atoms with E-state index in [1.54, 1.807) is 24.1 Å². The summed E-state index contributed by atoms with van der Waals surface area (Å²) in [4.78, 5) is 13.7. The van der Waals surface area contributed by atoms with Crippen LogP contribution in [0.3, 0.4) is 0 Å². The molecule has 0 spiro atoms. The molecule has 16 heavy (non-hydrogen) atoms. The van der Waals surface area contributed by atoms with Crippen molar-refractivity contribution >= 4 is 17.5 Å². The molecule has 88 valence electrons. The number of hydrogen-bond acceptors (Lipinski definition) is 2. The summed E-state index contributed by atoms with van der Waals surface area (Å²) in [5, 5.41) is 0.0673. The van der Waals surface area contributed by atoms with E-state index in [-0.39, 0.29) is 17.3 Å². The summed E-state index contributed by atoms with van der Waals surface area (Å²) in [6.45, 7) is 0. The van der Waals surface area contributed by atoms with Crippen LogP contribution in [0.25, 0.3) is 0 Å². The minimum Gasteiger partial charge on any atom is -0.459 e. The molecule has 2 atom stereocenters. The second kappa shape index (κ2) is 4.91. The zero-order valence-electron chi connectivity index (χ0n) is 9.36. The van der Waals surface area contributed by atoms with Crippen LogP contribution in [-0.2, 0) is 0 Å². The number of carbonyl (C=O) groups is 1. The Morgan fingerprint density at radius 3 is 2.88 bits per heavy atom. The third-order valence-electron chi connectivity index (χ3n) is 3.20. The molecular weight excluding hydrogens is 226 g/mol. The average Bonchev–Trinajstić information content (AvgIpc) is 2.81. The Morgan fingerprint density at radius 2 is 2.25 bits per heavy atom. The van der Waals surface area contributed by atoms with Crippen molar-refractivity contribution in [1.82, 2.24) is 4.90 Å². The van der Waals surface area contributed by atoms with Gasteiger partial charge in [-0.25, -0.2) is 0 Å². The topological polar surface area (TPSA) is 33.5 Å². The third kappa shape index (κ3) is 2.24. The number of furan rings is 1. The molecule has 0 aliphatic heterocycles. The summed E-state index contributed by atoms with van der Waals surface area (Å²) in [5.41, 5.74) is 0. The molecule has 3 nitrogen and oxygen atoms in total. The molecule has 1 amide bonds. The fourth-order valence-electron chi connectivity index (χ4n) is 2.23. The van der Waals surface area contributed by atoms with Crippen LogP contribution in [0.5, 0.6) is 0 Å². The van der Waals surface area contributed by atoms with E-state index in [1.807, 2.05) is 0 Å². The summed E-state index contributed by atoms with van der Waals surface area (Å²) in [6, 6.07) is 3.54. The van der Waals surface area contributed by atoms with Gasteiger partial charge in [0.1, 0.15) is 0 Å². The molecule has 1 aromatic heterocycles. The quantitative estimate of drug-likeness (QED) is 0.746. The van der Waals surface area contributed by atoms with Crippen LogP contribution >= 0.6 is 11.6 Å². The van der Waals surface area contributed by atoms with Gasteiger partial charge in [-0.3, -0.25) is 4.79 Å². The lowest BCUT2D eigenvalue weighted by atomic mass is 9.94. The molecule has 2 rings (SSSR count). The molecule has 2 unspecified atom stereocenters. The Labute approximate surface area is 100 Å². The van der Waals surface area contributed by atoms with E-state index < -0.39 is 0 Å². The summed E-state index contributed by atoms with van der Waals surface area (Å²) < 4.78 is 5.11. The molecule has 1 aliphatic rings. The lowest BCUT2D eigenvalue weighted by Crippen LogP contribution is -2.44. The largest absolute Gasteiger partial charge is 0.459 e. The number of rotatable bonds is 2. The van der Waals surface area contributed by atoms with Crippen LogP contribution in [0.15, 0.2) is 22.8 Å². The van der Waals surface area contributed by atoms with Crippen LogP contribution in [0.2, 0.25) is 0 Å². The predicted molar refractivity (Wildman–Crippen MR) is 62.7 cm³/mol. The van der Waals surface area contributed by atoms with Crippen molar-refractivity contribution in [2.24, 2.45) is 0 Å². The van der Waals surface area contributed by atoms with Gasteiger partial charge in [0.2, 0.25) is 0 Å². The molecule has 4 heteroatoms. The monoisotopic (exact) mass is 241 g/mol. The normalized spacial score (nSPS) is 25.4. The number of halogens is 1. The first-order valence-corrected chi connectivity index (χ1v) is 6.08. The number of amides is 1. The summed E-state index contributed by atoms with van der Waals surface area (Å²) in [5.74, 6) is 0.305. The maximum Gasteiger partial charge on any atom is 0.289 e. The van der Waals surface area contributed by atoms with Gasteiger partial charge >= 0.3 is 0 Å². The maximum atomic E-state index is 12.0. The van der Waals surface area contributed by atoms with Crippen LogP contribution < -0.4 is 0 Å². The lowest BCUT2D eigenvalue weighted by Gasteiger charge is -2.34. The zero-order valence-corrected chi connectivity index (χ0v) is 10.1. The van der Waals surface area contributed by atoms with Crippen molar-refractivity contribution in [2.75, 3.05) is 7.05 Å². The van der Waals surface area contributed by atoms with Crippen molar-refractivity contribution < 1.29 is 9.21 Å². The van der Waals surface area contributed by atoms with E-state index in [4.69, 9.17) is 16.0 Å². The third-order valence-corrected chi connectivity index (χ3v) is 3.71. The van der Waals surface area contributed by atoms with Crippen molar-refractivity contribution in [1.29, 1.82) is 0 Å². The van der Waals surface area contributed by atoms with Crippen molar-refractivity contribution in [3.63, 3.8) is 0 Å². The van der Waals surface area contributed by atoms with E-state index in [1.165, 1.54) is 6.26 Å². The van der Waals surface area contributed by atoms with E-state index in [0.29, 0.717) is 5.76 Å². The van der Waals surface area contributed by atoms with Crippen LogP contribution in [0.4, 0.5) is 0 Å². The van der Waals surface area contributed by atoms with Gasteiger partial charge in [-0.05, 0) is 25.0 Å². The first-order chi connectivity index (χ1) is 7.70. The minimum absolute atomic E-state index is 0.0673. The second-order valence-electron chi connectivity index (χ2n) is 4.26. The zero-order chi connectivity index (χ0) is 11.5. The second-order valence-corrected chi connectivity index (χ2v) is 4.82. The van der Waals surface area contributed by atoms with Crippen LogP contribution in [0, 0.1) is 0 Å². The van der Waals surface area contributed by atoms with Gasteiger partial charge in [-0.1, -0.05) is 12.8 Å². The van der Waals surface area contributed by atoms with Crippen molar-refractivity contribution in [3.8, 4) is 0 Å². The Bertz CT molecular complexity index is 350. The SMILES string of the molecule is CN(C(=O)c1ccco1)C1CCCCC1Cl. The van der Waals surface area contributed by atoms with Gasteiger partial charge in [0.25, 0.3) is 5.91 Å². The van der Waals surface area contributed by atoms with Crippen LogP contribution in [-0.4, -0.2) is 29.3 Å². The van der Waals surface area contributed by atoms with E-state index >= 15 is 0 Å². The Hall–Kier alpha value is -0.960. The molecule has 0 aromatic carbocycles. The highest BCUT2D eigenvalue weighted by Crippen LogP contribution is 2.27. The molecule has 1 saturated carbocycles. The number of alkyl halides is 1. The van der Waals surface area contributed by atoms with Gasteiger partial charge in [0, 0.05) is 13.1 Å². The van der Waals surface area contributed by atoms with Crippen LogP contribution in [0.1, 0.15) is 36.2 Å². The number of nitrogens with zero attached hydrogens (tertiary/aromatic N) is 1. The Morgan fingerprint density at radius 1 is 1.50 bits per heavy atom. The smallest absolute Gasteiger partial charge is 0.289 e. The van der Waals surface area contributed by atoms with Gasteiger partial charge in [0.05, 0.1) is 11.6 Å². The van der Waals surface area contributed by atoms with Gasteiger partial charge < -0.3 is 9.32 Å². The molecule has 0 radical (unpaired) electrons. The fraction of sp³-hybridized carbons (Fsp3) is 0.583. The molecule has 1 fully saturated rings. The molecule has 1 heterocycles. The first kappa shape index (κ1) is 11.5. The lowest BCUT2D eigenvalue weighted by molar-refractivity contribution is 0.0668. The molecule has 1 aliphatic carbocycles. The van der Waals surface area contributed by atoms with Gasteiger partial charge in [-0.2, -0.15) is 0 Å². The van der Waals surface area contributed by atoms with Gasteiger partial charge in [0.15, 0.2) is 5.76 Å². The van der Waals surface area contributed by atoms with E-state index in [9.17, 15) is 4.79 Å². The molecular formula is C12H16ClNO2. The predicted octanol–water partition coefficient (Wildman–Crippen LogP) is 2.90. The standard InChI is InChI=1S/C12H16ClNO2/c1-14(10-6-3-2-5-9(10)13)12(15)11-7-4-8-16-11/h4,7-10H,2-3,5-6H2,1H3. The number of carbonyl (C=O) groups excluding carboxylic acids is 1. The van der Waals surface area contributed by atoms with Crippen molar-refractivity contribution in [3.05, 3.63) is 24.2 Å². The summed E-state index contributed by atoms with van der Waals surface area (Å²) in [6.07, 6.45) is 5.79. The fourth-order valence-corrected chi connectivity index (χ4v) is 2.68. The highest BCUT2D eigenvalue weighted by atomic mass is 35.5. The summed E-state index contributed by atoms with van der Waals surface area (Å²) in [7, 11) is 1.80. The van der Waals surface area contributed by atoms with Crippen molar-refractivity contribution in [2.45, 2.75) is 37.1 Å². The Kier molecular flexibility index (Phi) is 3.54.